The van der Waals surface area contributed by atoms with Crippen molar-refractivity contribution in [2.45, 2.75) is 20.8 Å². The van der Waals surface area contributed by atoms with Gasteiger partial charge in [0, 0.05) is 5.69 Å². The number of pyridine rings is 1. The molecule has 1 aromatic carbocycles. The Morgan fingerprint density at radius 1 is 1.00 bits per heavy atom. The first-order chi connectivity index (χ1) is 8.04. The van der Waals surface area contributed by atoms with Crippen LogP contribution in [0, 0.1) is 20.8 Å². The minimum absolute atomic E-state index is 0.510. The molecule has 0 saturated heterocycles. The van der Waals surface area contributed by atoms with E-state index in [-0.39, 0.29) is 0 Å². The van der Waals surface area contributed by atoms with Gasteiger partial charge in [-0.3, -0.25) is 0 Å². The van der Waals surface area contributed by atoms with E-state index in [4.69, 9.17) is 11.6 Å². The summed E-state index contributed by atoms with van der Waals surface area (Å²) in [5.74, 6) is 0.776. The summed E-state index contributed by atoms with van der Waals surface area (Å²) in [6, 6.07) is 10.1. The van der Waals surface area contributed by atoms with Gasteiger partial charge in [0.25, 0.3) is 0 Å². The highest BCUT2D eigenvalue weighted by molar-refractivity contribution is 6.29. The van der Waals surface area contributed by atoms with Crippen LogP contribution in [-0.2, 0) is 0 Å². The molecule has 17 heavy (non-hydrogen) atoms. The van der Waals surface area contributed by atoms with Gasteiger partial charge in [0.15, 0.2) is 0 Å². The van der Waals surface area contributed by atoms with Gasteiger partial charge < -0.3 is 5.32 Å². The Kier molecular flexibility index (Phi) is 3.34. The summed E-state index contributed by atoms with van der Waals surface area (Å²) in [4.78, 5) is 4.24. The second-order valence-electron chi connectivity index (χ2n) is 4.28. The highest BCUT2D eigenvalue weighted by atomic mass is 35.5. The molecule has 0 radical (unpaired) electrons. The number of hydrogen-bond acceptors (Lipinski definition) is 2. The van der Waals surface area contributed by atoms with Gasteiger partial charge in [-0.25, -0.2) is 4.98 Å². The first-order valence-electron chi connectivity index (χ1n) is 5.53. The fourth-order valence-corrected chi connectivity index (χ4v) is 1.92. The van der Waals surface area contributed by atoms with Crippen LogP contribution in [0.5, 0.6) is 0 Å². The van der Waals surface area contributed by atoms with Crippen LogP contribution in [0.4, 0.5) is 11.5 Å². The summed E-state index contributed by atoms with van der Waals surface area (Å²) in [5.41, 5.74) is 4.66. The molecule has 0 aliphatic rings. The van der Waals surface area contributed by atoms with Crippen molar-refractivity contribution in [2.75, 3.05) is 5.32 Å². The molecule has 1 aromatic heterocycles. The van der Waals surface area contributed by atoms with Crippen molar-refractivity contribution in [3.63, 3.8) is 0 Å². The summed E-state index contributed by atoms with van der Waals surface area (Å²) in [7, 11) is 0. The number of halogens is 1. The van der Waals surface area contributed by atoms with Gasteiger partial charge in [-0.1, -0.05) is 17.7 Å². The van der Waals surface area contributed by atoms with Crippen molar-refractivity contribution in [3.05, 3.63) is 52.2 Å². The molecule has 2 aromatic rings. The highest BCUT2D eigenvalue weighted by Crippen LogP contribution is 2.20. The number of hydrogen-bond donors (Lipinski definition) is 1. The quantitative estimate of drug-likeness (QED) is 0.795. The minimum atomic E-state index is 0.510. The number of nitrogens with zero attached hydrogens (tertiary/aromatic N) is 1. The van der Waals surface area contributed by atoms with E-state index >= 15 is 0 Å². The number of rotatable bonds is 2. The Labute approximate surface area is 107 Å². The number of aryl methyl sites for hydroxylation is 3. The number of benzene rings is 1. The zero-order valence-corrected chi connectivity index (χ0v) is 11.0. The van der Waals surface area contributed by atoms with Crippen molar-refractivity contribution in [2.24, 2.45) is 0 Å². The predicted octanol–water partition coefficient (Wildman–Crippen LogP) is 4.40. The van der Waals surface area contributed by atoms with Gasteiger partial charge in [0.1, 0.15) is 11.0 Å². The van der Waals surface area contributed by atoms with Crippen LogP contribution in [0.1, 0.15) is 16.7 Å². The van der Waals surface area contributed by atoms with Crippen LogP contribution in [0.2, 0.25) is 5.15 Å². The molecule has 1 N–H and O–H groups in total. The van der Waals surface area contributed by atoms with Crippen molar-refractivity contribution in [1.82, 2.24) is 4.98 Å². The summed E-state index contributed by atoms with van der Waals surface area (Å²) in [6.07, 6.45) is 0. The third-order valence-corrected chi connectivity index (χ3v) is 2.91. The van der Waals surface area contributed by atoms with Crippen molar-refractivity contribution >= 4 is 23.1 Å². The van der Waals surface area contributed by atoms with Crippen molar-refractivity contribution < 1.29 is 0 Å². The molecule has 1 heterocycles. The lowest BCUT2D eigenvalue weighted by atomic mass is 10.1. The van der Waals surface area contributed by atoms with Crippen LogP contribution in [-0.4, -0.2) is 4.98 Å². The smallest absolute Gasteiger partial charge is 0.132 e. The molecule has 0 saturated carbocycles. The van der Waals surface area contributed by atoms with Crippen molar-refractivity contribution in [1.29, 1.82) is 0 Å². The molecule has 0 amide bonds. The zero-order chi connectivity index (χ0) is 12.4. The van der Waals surface area contributed by atoms with Gasteiger partial charge >= 0.3 is 0 Å². The highest BCUT2D eigenvalue weighted by Gasteiger charge is 2.00. The van der Waals surface area contributed by atoms with Crippen LogP contribution in [0.25, 0.3) is 0 Å². The molecular formula is C14H15ClN2. The van der Waals surface area contributed by atoms with Crippen LogP contribution >= 0.6 is 11.6 Å². The molecule has 88 valence electrons. The first kappa shape index (κ1) is 11.9. The minimum Gasteiger partial charge on any atom is -0.340 e. The fraction of sp³-hybridized carbons (Fsp3) is 0.214. The van der Waals surface area contributed by atoms with E-state index in [9.17, 15) is 0 Å². The van der Waals surface area contributed by atoms with E-state index in [1.165, 1.54) is 11.1 Å². The standard InChI is InChI=1S/C14H15ClN2/c1-9-6-13(15)17-14(7-9)16-12-5-4-10(2)11(3)8-12/h4-8H,1-3H3,(H,16,17). The van der Waals surface area contributed by atoms with E-state index in [2.05, 4.69) is 36.3 Å². The SMILES string of the molecule is Cc1cc(Cl)nc(Nc2ccc(C)c(C)c2)c1. The second kappa shape index (κ2) is 4.76. The number of nitrogens with one attached hydrogen (secondary N) is 1. The van der Waals surface area contributed by atoms with Gasteiger partial charge in [-0.15, -0.1) is 0 Å². The molecule has 0 bridgehead atoms. The molecule has 3 heteroatoms. The molecule has 2 rings (SSSR count). The van der Waals surface area contributed by atoms with Crippen LogP contribution < -0.4 is 5.32 Å². The average Bonchev–Trinajstić information content (AvgIpc) is 2.22. The van der Waals surface area contributed by atoms with Crippen LogP contribution in [0.15, 0.2) is 30.3 Å². The fourth-order valence-electron chi connectivity index (χ4n) is 1.66. The second-order valence-corrected chi connectivity index (χ2v) is 4.66. The topological polar surface area (TPSA) is 24.9 Å². The first-order valence-corrected chi connectivity index (χ1v) is 5.91. The largest absolute Gasteiger partial charge is 0.340 e. The summed E-state index contributed by atoms with van der Waals surface area (Å²) < 4.78 is 0. The Bertz CT molecular complexity index is 530. The Balaban J connectivity index is 2.28. The summed E-state index contributed by atoms with van der Waals surface area (Å²) >= 11 is 5.92. The Morgan fingerprint density at radius 2 is 1.76 bits per heavy atom. The number of aromatic nitrogens is 1. The molecule has 0 spiro atoms. The molecule has 0 aliphatic carbocycles. The predicted molar refractivity (Wildman–Crippen MR) is 73.2 cm³/mol. The van der Waals surface area contributed by atoms with E-state index in [0.717, 1.165) is 17.1 Å². The van der Waals surface area contributed by atoms with Crippen molar-refractivity contribution in [3.8, 4) is 0 Å². The monoisotopic (exact) mass is 246 g/mol. The summed E-state index contributed by atoms with van der Waals surface area (Å²) in [6.45, 7) is 6.19. The lowest BCUT2D eigenvalue weighted by Crippen LogP contribution is -1.95. The third-order valence-electron chi connectivity index (χ3n) is 2.72. The Morgan fingerprint density at radius 3 is 2.41 bits per heavy atom. The maximum Gasteiger partial charge on any atom is 0.132 e. The number of anilines is 2. The van der Waals surface area contributed by atoms with E-state index in [0.29, 0.717) is 5.15 Å². The third kappa shape index (κ3) is 2.98. The van der Waals surface area contributed by atoms with E-state index < -0.39 is 0 Å². The molecule has 0 atom stereocenters. The molecule has 2 nitrogen and oxygen atoms in total. The maximum atomic E-state index is 5.92. The normalized spacial score (nSPS) is 10.4. The van der Waals surface area contributed by atoms with E-state index in [1.807, 2.05) is 25.1 Å². The summed E-state index contributed by atoms with van der Waals surface area (Å²) in [5, 5.41) is 3.77. The van der Waals surface area contributed by atoms with Crippen LogP contribution in [0.3, 0.4) is 0 Å². The molecular weight excluding hydrogens is 232 g/mol. The maximum absolute atomic E-state index is 5.92. The van der Waals surface area contributed by atoms with Gasteiger partial charge in [-0.05, 0) is 61.7 Å². The molecule has 0 fully saturated rings. The van der Waals surface area contributed by atoms with Gasteiger partial charge in [-0.2, -0.15) is 0 Å². The molecule has 0 unspecified atom stereocenters. The zero-order valence-electron chi connectivity index (χ0n) is 10.2. The lowest BCUT2D eigenvalue weighted by Gasteiger charge is -2.09. The van der Waals surface area contributed by atoms with E-state index in [1.54, 1.807) is 0 Å². The lowest BCUT2D eigenvalue weighted by molar-refractivity contribution is 1.26. The van der Waals surface area contributed by atoms with Gasteiger partial charge in [0.05, 0.1) is 0 Å². The average molecular weight is 247 g/mol. The Hall–Kier alpha value is -1.54. The molecule has 0 aliphatic heterocycles. The van der Waals surface area contributed by atoms with Gasteiger partial charge in [0.2, 0.25) is 0 Å².